The van der Waals surface area contributed by atoms with Crippen LogP contribution in [-0.2, 0) is 14.3 Å². The molecule has 0 radical (unpaired) electrons. The zero-order chi connectivity index (χ0) is 29.0. The summed E-state index contributed by atoms with van der Waals surface area (Å²) in [5.74, 6) is -0.485. The summed E-state index contributed by atoms with van der Waals surface area (Å²) < 4.78 is 11.1. The first-order valence-electron chi connectivity index (χ1n) is 13.5. The Hall–Kier alpha value is -3.58. The summed E-state index contributed by atoms with van der Waals surface area (Å²) in [5, 5.41) is 0.592. The number of imide groups is 1. The van der Waals surface area contributed by atoms with Crippen molar-refractivity contribution in [1.82, 2.24) is 4.90 Å². The van der Waals surface area contributed by atoms with Crippen LogP contribution >= 0.6 is 11.6 Å². The minimum atomic E-state index is -0.763. The fourth-order valence-corrected chi connectivity index (χ4v) is 6.05. The lowest BCUT2D eigenvalue weighted by molar-refractivity contribution is -0.127. The van der Waals surface area contributed by atoms with Gasteiger partial charge in [-0.15, -0.1) is 0 Å². The fraction of sp³-hybridized carbons (Fsp3) is 0.406. The highest BCUT2D eigenvalue weighted by atomic mass is 35.5. The molecule has 0 N–H and O–H groups in total. The number of halogens is 1. The number of ketones is 1. The number of hydrogen-bond acceptors (Lipinski definition) is 6. The van der Waals surface area contributed by atoms with Gasteiger partial charge in [-0.1, -0.05) is 37.6 Å². The van der Waals surface area contributed by atoms with Crippen molar-refractivity contribution in [3.05, 3.63) is 81.7 Å². The maximum Gasteiger partial charge on any atom is 0.417 e. The Labute approximate surface area is 240 Å². The van der Waals surface area contributed by atoms with Crippen LogP contribution in [0.3, 0.4) is 0 Å². The van der Waals surface area contributed by atoms with Gasteiger partial charge in [0.1, 0.15) is 11.4 Å². The van der Waals surface area contributed by atoms with Gasteiger partial charge in [0.05, 0.1) is 7.11 Å². The number of Topliss-reactive ketones (excluding diaryl/α,β-unsaturated/α-hetero) is 1. The molecular weight excluding hydrogens is 528 g/mol. The third-order valence-corrected chi connectivity index (χ3v) is 7.75. The van der Waals surface area contributed by atoms with Crippen LogP contribution in [0, 0.1) is 5.41 Å². The molecule has 2 heterocycles. The summed E-state index contributed by atoms with van der Waals surface area (Å²) in [7, 11) is 1.59. The number of hydrogen-bond donors (Lipinski definition) is 0. The molecule has 0 bridgehead atoms. The van der Waals surface area contributed by atoms with E-state index in [2.05, 4.69) is 18.7 Å². The summed E-state index contributed by atoms with van der Waals surface area (Å²) in [4.78, 5) is 44.8. The lowest BCUT2D eigenvalue weighted by atomic mass is 9.67. The van der Waals surface area contributed by atoms with Gasteiger partial charge in [0.25, 0.3) is 5.91 Å². The van der Waals surface area contributed by atoms with Gasteiger partial charge in [-0.2, -0.15) is 0 Å². The molecule has 40 heavy (non-hydrogen) atoms. The number of carbonyl (C=O) groups excluding carboxylic acids is 3. The Bertz CT molecular complexity index is 1450. The Morgan fingerprint density at radius 1 is 1.00 bits per heavy atom. The first-order chi connectivity index (χ1) is 18.8. The molecule has 2 amide bonds. The second kappa shape index (κ2) is 10.1. The number of allylic oxidation sites excluding steroid dienone is 2. The minimum Gasteiger partial charge on any atom is -0.497 e. The predicted molar refractivity (Wildman–Crippen MR) is 154 cm³/mol. The molecule has 0 spiro atoms. The van der Waals surface area contributed by atoms with Crippen LogP contribution in [0.15, 0.2) is 71.1 Å². The number of benzene rings is 2. The Balaban J connectivity index is 1.76. The normalized spacial score (nSPS) is 20.8. The SMILES string of the molecule is COc1cccc(C2C3=C(CC(C)(C)CC3=O)N(c3ccc(Cl)cc3)C3=C2C(=O)N(C(=O)OC(C)(C)C)CC3)c1. The van der Waals surface area contributed by atoms with Crippen LogP contribution in [0.4, 0.5) is 10.5 Å². The molecule has 2 aromatic rings. The van der Waals surface area contributed by atoms with Gasteiger partial charge < -0.3 is 14.4 Å². The Kier molecular flexibility index (Phi) is 7.07. The van der Waals surface area contributed by atoms with Gasteiger partial charge in [0.15, 0.2) is 5.78 Å². The van der Waals surface area contributed by atoms with E-state index in [1.165, 1.54) is 4.90 Å². The number of rotatable bonds is 3. The highest BCUT2D eigenvalue weighted by molar-refractivity contribution is 6.30. The number of ether oxygens (including phenoxy) is 2. The van der Waals surface area contributed by atoms with Crippen LogP contribution < -0.4 is 9.64 Å². The summed E-state index contributed by atoms with van der Waals surface area (Å²) in [6.45, 7) is 9.66. The van der Waals surface area contributed by atoms with Gasteiger partial charge >= 0.3 is 6.09 Å². The molecule has 1 atom stereocenters. The largest absolute Gasteiger partial charge is 0.497 e. The maximum absolute atomic E-state index is 14.3. The first kappa shape index (κ1) is 28.0. The average Bonchev–Trinajstić information content (AvgIpc) is 2.86. The van der Waals surface area contributed by atoms with Crippen molar-refractivity contribution in [2.45, 2.75) is 65.4 Å². The number of anilines is 1. The topological polar surface area (TPSA) is 76.2 Å². The monoisotopic (exact) mass is 562 g/mol. The van der Waals surface area contributed by atoms with E-state index in [-0.39, 0.29) is 17.7 Å². The molecular formula is C32H35ClN2O5. The third-order valence-electron chi connectivity index (χ3n) is 7.50. The van der Waals surface area contributed by atoms with Crippen molar-refractivity contribution in [3.63, 3.8) is 0 Å². The smallest absolute Gasteiger partial charge is 0.417 e. The molecule has 0 saturated heterocycles. The van der Waals surface area contributed by atoms with Crippen LogP contribution in [0.1, 0.15) is 65.4 Å². The first-order valence-corrected chi connectivity index (χ1v) is 13.9. The summed E-state index contributed by atoms with van der Waals surface area (Å²) in [6.07, 6.45) is 0.724. The molecule has 3 aliphatic rings. The van der Waals surface area contributed by atoms with Crippen molar-refractivity contribution in [1.29, 1.82) is 0 Å². The fourth-order valence-electron chi connectivity index (χ4n) is 5.93. The van der Waals surface area contributed by atoms with Gasteiger partial charge in [0, 0.05) is 58.6 Å². The van der Waals surface area contributed by atoms with Gasteiger partial charge in [-0.3, -0.25) is 9.59 Å². The Morgan fingerprint density at radius 3 is 2.35 bits per heavy atom. The second-order valence-electron chi connectivity index (χ2n) is 12.4. The van der Waals surface area contributed by atoms with E-state index >= 15 is 0 Å². The van der Waals surface area contributed by atoms with Crippen molar-refractivity contribution in [3.8, 4) is 5.75 Å². The van der Waals surface area contributed by atoms with Crippen LogP contribution in [0.25, 0.3) is 0 Å². The highest BCUT2D eigenvalue weighted by Gasteiger charge is 2.49. The predicted octanol–water partition coefficient (Wildman–Crippen LogP) is 7.02. The van der Waals surface area contributed by atoms with E-state index in [0.717, 1.165) is 22.6 Å². The van der Waals surface area contributed by atoms with E-state index in [4.69, 9.17) is 21.1 Å². The zero-order valence-corrected chi connectivity index (χ0v) is 24.6. The molecule has 0 fully saturated rings. The molecule has 1 unspecified atom stereocenters. The molecule has 2 aliphatic heterocycles. The molecule has 0 saturated carbocycles. The number of amides is 2. The molecule has 8 heteroatoms. The van der Waals surface area contributed by atoms with Gasteiger partial charge in [-0.05, 0) is 74.6 Å². The van der Waals surface area contributed by atoms with E-state index in [9.17, 15) is 14.4 Å². The summed E-state index contributed by atoms with van der Waals surface area (Å²) >= 11 is 6.23. The molecule has 5 rings (SSSR count). The number of nitrogens with zero attached hydrogens (tertiary/aromatic N) is 2. The maximum atomic E-state index is 14.3. The van der Waals surface area contributed by atoms with Crippen molar-refractivity contribution in [2.24, 2.45) is 5.41 Å². The molecule has 2 aromatic carbocycles. The molecule has 1 aliphatic carbocycles. The molecule has 210 valence electrons. The standard InChI is InChI=1S/C32H35ClN2O5/c1-31(2,3)40-30(38)34-15-14-23-28(29(34)37)26(19-8-7-9-22(16-19)39-6)27-24(17-32(4,5)18-25(27)36)35(23)21-12-10-20(33)11-13-21/h7-13,16,26H,14-15,17-18H2,1-6H3. The lowest BCUT2D eigenvalue weighted by Gasteiger charge is -2.47. The number of methoxy groups -OCH3 is 1. The highest BCUT2D eigenvalue weighted by Crippen LogP contribution is 2.53. The lowest BCUT2D eigenvalue weighted by Crippen LogP contribution is -2.50. The quantitative estimate of drug-likeness (QED) is 0.400. The summed E-state index contributed by atoms with van der Waals surface area (Å²) in [5.41, 5.74) is 3.21. The van der Waals surface area contributed by atoms with Gasteiger partial charge in [0.2, 0.25) is 0 Å². The van der Waals surface area contributed by atoms with E-state index in [0.29, 0.717) is 41.2 Å². The Morgan fingerprint density at radius 2 is 1.70 bits per heavy atom. The average molecular weight is 563 g/mol. The third kappa shape index (κ3) is 5.15. The summed E-state index contributed by atoms with van der Waals surface area (Å²) in [6, 6.07) is 14.9. The minimum absolute atomic E-state index is 0.00762. The molecule has 0 aromatic heterocycles. The second-order valence-corrected chi connectivity index (χ2v) is 12.8. The van der Waals surface area contributed by atoms with Crippen LogP contribution in [0.2, 0.25) is 5.02 Å². The van der Waals surface area contributed by atoms with E-state index < -0.39 is 23.5 Å². The molecule has 7 nitrogen and oxygen atoms in total. The number of carbonyl (C=O) groups is 3. The van der Waals surface area contributed by atoms with Crippen LogP contribution in [0.5, 0.6) is 5.75 Å². The van der Waals surface area contributed by atoms with Gasteiger partial charge in [-0.25, -0.2) is 9.69 Å². The van der Waals surface area contributed by atoms with Crippen molar-refractivity contribution in [2.75, 3.05) is 18.6 Å². The van der Waals surface area contributed by atoms with Crippen molar-refractivity contribution >= 4 is 35.1 Å². The van der Waals surface area contributed by atoms with E-state index in [1.807, 2.05) is 36.4 Å². The zero-order valence-electron chi connectivity index (χ0n) is 23.8. The van der Waals surface area contributed by atoms with Crippen LogP contribution in [-0.4, -0.2) is 41.9 Å². The van der Waals surface area contributed by atoms with Crippen molar-refractivity contribution < 1.29 is 23.9 Å². The van der Waals surface area contributed by atoms with E-state index in [1.54, 1.807) is 40.0 Å².